The Labute approximate surface area is 168 Å². The lowest BCUT2D eigenvalue weighted by molar-refractivity contribution is -0.115. The highest BCUT2D eigenvalue weighted by molar-refractivity contribution is 9.10. The van der Waals surface area contributed by atoms with Crippen molar-refractivity contribution in [1.29, 1.82) is 0 Å². The molecule has 26 heavy (non-hydrogen) atoms. The molecule has 2 aromatic carbocycles. The van der Waals surface area contributed by atoms with E-state index < -0.39 is 0 Å². The Morgan fingerprint density at radius 2 is 2.12 bits per heavy atom. The third-order valence-electron chi connectivity index (χ3n) is 3.64. The van der Waals surface area contributed by atoms with Crippen molar-refractivity contribution in [2.45, 2.75) is 23.4 Å². The fourth-order valence-corrected chi connectivity index (χ4v) is 4.62. The van der Waals surface area contributed by atoms with E-state index in [0.29, 0.717) is 11.3 Å². The van der Waals surface area contributed by atoms with Crippen LogP contribution in [-0.2, 0) is 17.0 Å². The second-order valence-electron chi connectivity index (χ2n) is 5.67. The molecule has 3 aromatic rings. The molecule has 0 bridgehead atoms. The minimum atomic E-state index is -0.207. The van der Waals surface area contributed by atoms with Crippen LogP contribution in [0.3, 0.4) is 0 Å². The molecule has 0 saturated heterocycles. The van der Waals surface area contributed by atoms with E-state index >= 15 is 0 Å². The third-order valence-corrected chi connectivity index (χ3v) is 6.26. The number of thioether (sulfide) groups is 1. The summed E-state index contributed by atoms with van der Waals surface area (Å²) in [6.45, 7) is 1.95. The monoisotopic (exact) mass is 450 g/mol. The van der Waals surface area contributed by atoms with Gasteiger partial charge in [-0.3, -0.25) is 4.79 Å². The number of aromatic nitrogens is 1. The maximum Gasteiger partial charge on any atom is 0.230 e. The molecule has 0 aliphatic carbocycles. The lowest BCUT2D eigenvalue weighted by atomic mass is 10.2. The minimum Gasteiger partial charge on any atom is -0.326 e. The molecule has 1 N–H and O–H groups in total. The Kier molecular flexibility index (Phi) is 6.45. The topological polar surface area (TPSA) is 42.0 Å². The van der Waals surface area contributed by atoms with Gasteiger partial charge in [-0.05, 0) is 42.3 Å². The van der Waals surface area contributed by atoms with Gasteiger partial charge in [0.25, 0.3) is 0 Å². The van der Waals surface area contributed by atoms with Crippen LogP contribution in [0.5, 0.6) is 0 Å². The van der Waals surface area contributed by atoms with Crippen molar-refractivity contribution < 1.29 is 9.18 Å². The van der Waals surface area contributed by atoms with Crippen LogP contribution in [0, 0.1) is 12.7 Å². The summed E-state index contributed by atoms with van der Waals surface area (Å²) in [4.78, 5) is 16.7. The molecule has 3 rings (SSSR count). The molecular weight excluding hydrogens is 435 g/mol. The lowest BCUT2D eigenvalue weighted by Gasteiger charge is -2.08. The summed E-state index contributed by atoms with van der Waals surface area (Å²) in [6, 6.07) is 12.4. The average molecular weight is 451 g/mol. The number of amides is 1. The number of carbonyl (C=O) groups is 1. The Morgan fingerprint density at radius 3 is 2.88 bits per heavy atom. The summed E-state index contributed by atoms with van der Waals surface area (Å²) < 4.78 is 15.5. The first-order valence-corrected chi connectivity index (χ1v) is 10.5. The van der Waals surface area contributed by atoms with E-state index in [1.165, 1.54) is 29.2 Å². The first-order chi connectivity index (χ1) is 12.5. The van der Waals surface area contributed by atoms with E-state index in [1.54, 1.807) is 12.1 Å². The molecule has 7 heteroatoms. The largest absolute Gasteiger partial charge is 0.326 e. The van der Waals surface area contributed by atoms with E-state index in [1.807, 2.05) is 36.6 Å². The summed E-state index contributed by atoms with van der Waals surface area (Å²) in [5.41, 5.74) is 3.16. The number of aryl methyl sites for hydroxylation is 1. The highest BCUT2D eigenvalue weighted by Gasteiger charge is 2.11. The molecule has 3 nitrogen and oxygen atoms in total. The van der Waals surface area contributed by atoms with Crippen molar-refractivity contribution in [3.8, 4) is 0 Å². The summed E-state index contributed by atoms with van der Waals surface area (Å²) in [7, 11) is 0. The van der Waals surface area contributed by atoms with Crippen LogP contribution in [0.15, 0.2) is 56.7 Å². The van der Waals surface area contributed by atoms with Gasteiger partial charge in [-0.2, -0.15) is 0 Å². The molecule has 134 valence electrons. The summed E-state index contributed by atoms with van der Waals surface area (Å²) in [5, 5.41) is 4.78. The maximum absolute atomic E-state index is 13.6. The highest BCUT2D eigenvalue weighted by Crippen LogP contribution is 2.27. The van der Waals surface area contributed by atoms with Crippen LogP contribution in [0.25, 0.3) is 0 Å². The van der Waals surface area contributed by atoms with Gasteiger partial charge in [0.15, 0.2) is 0 Å². The van der Waals surface area contributed by atoms with Crippen LogP contribution in [0.4, 0.5) is 10.1 Å². The first kappa shape index (κ1) is 19.1. The van der Waals surface area contributed by atoms with Gasteiger partial charge in [-0.15, -0.1) is 11.3 Å². The number of rotatable bonds is 6. The third kappa shape index (κ3) is 5.16. The Morgan fingerprint density at radius 1 is 1.31 bits per heavy atom. The fraction of sp³-hybridized carbons (Fsp3) is 0.158. The molecule has 0 saturated carbocycles. The average Bonchev–Trinajstić information content (AvgIpc) is 3.04. The van der Waals surface area contributed by atoms with Gasteiger partial charge in [-0.25, -0.2) is 9.37 Å². The van der Waals surface area contributed by atoms with Crippen LogP contribution in [0.1, 0.15) is 16.8 Å². The van der Waals surface area contributed by atoms with Gasteiger partial charge in [-0.1, -0.05) is 45.9 Å². The number of benzene rings is 2. The SMILES string of the molecule is Cc1cc(Br)ccc1NC(=O)Cc1csc(SCc2ccccc2F)n1. The van der Waals surface area contributed by atoms with E-state index in [2.05, 4.69) is 26.2 Å². The fourth-order valence-electron chi connectivity index (χ4n) is 2.32. The molecular formula is C19H16BrFN2OS2. The van der Waals surface area contributed by atoms with Crippen molar-refractivity contribution in [2.75, 3.05) is 5.32 Å². The smallest absolute Gasteiger partial charge is 0.230 e. The Bertz CT molecular complexity index is 929. The van der Waals surface area contributed by atoms with Gasteiger partial charge >= 0.3 is 0 Å². The molecule has 1 aromatic heterocycles. The predicted molar refractivity (Wildman–Crippen MR) is 109 cm³/mol. The lowest BCUT2D eigenvalue weighted by Crippen LogP contribution is -2.15. The number of halogens is 2. The number of thiazole rings is 1. The summed E-state index contributed by atoms with van der Waals surface area (Å²) >= 11 is 6.35. The van der Waals surface area contributed by atoms with Crippen molar-refractivity contribution in [1.82, 2.24) is 4.98 Å². The van der Waals surface area contributed by atoms with Gasteiger partial charge in [0, 0.05) is 21.3 Å². The van der Waals surface area contributed by atoms with Crippen LogP contribution >= 0.6 is 39.0 Å². The second kappa shape index (κ2) is 8.79. The quantitative estimate of drug-likeness (QED) is 0.480. The minimum absolute atomic E-state index is 0.105. The Hall–Kier alpha value is -1.70. The molecule has 1 heterocycles. The van der Waals surface area contributed by atoms with E-state index in [9.17, 15) is 9.18 Å². The zero-order valence-electron chi connectivity index (χ0n) is 14.0. The second-order valence-corrected chi connectivity index (χ2v) is 8.67. The molecule has 1 amide bonds. The molecule has 0 aliphatic heterocycles. The number of hydrogen-bond donors (Lipinski definition) is 1. The zero-order chi connectivity index (χ0) is 18.5. The Balaban J connectivity index is 1.56. The first-order valence-electron chi connectivity index (χ1n) is 7.88. The molecule has 0 spiro atoms. The van der Waals surface area contributed by atoms with Gasteiger partial charge in [0.2, 0.25) is 5.91 Å². The van der Waals surface area contributed by atoms with Crippen molar-refractivity contribution in [3.05, 3.63) is 75.0 Å². The number of anilines is 1. The van der Waals surface area contributed by atoms with Gasteiger partial charge < -0.3 is 5.32 Å². The molecule has 0 radical (unpaired) electrons. The van der Waals surface area contributed by atoms with Gasteiger partial charge in [0.1, 0.15) is 10.2 Å². The van der Waals surface area contributed by atoms with Crippen LogP contribution in [-0.4, -0.2) is 10.9 Å². The summed E-state index contributed by atoms with van der Waals surface area (Å²) in [6.07, 6.45) is 0.215. The number of nitrogens with one attached hydrogen (secondary N) is 1. The normalized spacial score (nSPS) is 10.7. The van der Waals surface area contributed by atoms with E-state index in [0.717, 1.165) is 25.8 Å². The number of nitrogens with zero attached hydrogens (tertiary/aromatic N) is 1. The van der Waals surface area contributed by atoms with Crippen LogP contribution in [0.2, 0.25) is 0 Å². The van der Waals surface area contributed by atoms with Crippen LogP contribution < -0.4 is 5.32 Å². The molecule has 0 atom stereocenters. The molecule has 0 unspecified atom stereocenters. The number of carbonyl (C=O) groups excluding carboxylic acids is 1. The molecule has 0 fully saturated rings. The van der Waals surface area contributed by atoms with Crippen molar-refractivity contribution in [2.24, 2.45) is 0 Å². The predicted octanol–water partition coefficient (Wildman–Crippen LogP) is 5.83. The van der Waals surface area contributed by atoms with E-state index in [4.69, 9.17) is 0 Å². The van der Waals surface area contributed by atoms with Crippen molar-refractivity contribution in [3.63, 3.8) is 0 Å². The van der Waals surface area contributed by atoms with Gasteiger partial charge in [0.05, 0.1) is 12.1 Å². The van der Waals surface area contributed by atoms with E-state index in [-0.39, 0.29) is 18.1 Å². The molecule has 0 aliphatic rings. The van der Waals surface area contributed by atoms with Crippen molar-refractivity contribution >= 4 is 50.6 Å². The highest BCUT2D eigenvalue weighted by atomic mass is 79.9. The standard InChI is InChI=1S/C19H16BrFN2OS2/c1-12-8-14(20)6-7-17(12)23-18(24)9-15-11-26-19(22-15)25-10-13-4-2-3-5-16(13)21/h2-8,11H,9-10H2,1H3,(H,23,24). The maximum atomic E-state index is 13.6. The zero-order valence-corrected chi connectivity index (χ0v) is 17.2. The summed E-state index contributed by atoms with van der Waals surface area (Å²) in [5.74, 6) is 0.205. The number of hydrogen-bond acceptors (Lipinski definition) is 4.